The lowest BCUT2D eigenvalue weighted by atomic mass is 10.1. The second-order valence-electron chi connectivity index (χ2n) is 10.5. The van der Waals surface area contributed by atoms with Gasteiger partial charge in [-0.1, -0.05) is 151 Å². The highest BCUT2D eigenvalue weighted by Crippen LogP contribution is 2.19. The number of aromatic nitrogens is 4. The van der Waals surface area contributed by atoms with Crippen LogP contribution in [0.2, 0.25) is 0 Å². The lowest BCUT2D eigenvalue weighted by Crippen LogP contribution is -1.89. The Labute approximate surface area is 314 Å². The van der Waals surface area contributed by atoms with Crippen molar-refractivity contribution >= 4 is 0 Å². The zero-order chi connectivity index (χ0) is 38.7. The first-order valence-corrected chi connectivity index (χ1v) is 18.4. The molecule has 4 heteroatoms. The number of nitrogens with zero attached hydrogens (tertiary/aromatic N) is 4. The van der Waals surface area contributed by atoms with E-state index in [4.69, 9.17) is 0 Å². The number of rotatable bonds is 2. The van der Waals surface area contributed by atoms with E-state index in [1.807, 2.05) is 148 Å². The molecule has 4 aromatic carbocycles. The van der Waals surface area contributed by atoms with Crippen molar-refractivity contribution in [1.82, 2.24) is 19.9 Å². The second-order valence-corrected chi connectivity index (χ2v) is 10.5. The molecular formula is C48H56N4. The van der Waals surface area contributed by atoms with Crippen molar-refractivity contribution in [3.63, 3.8) is 0 Å². The summed E-state index contributed by atoms with van der Waals surface area (Å²) in [5.74, 6) is 13.8. The van der Waals surface area contributed by atoms with Crippen LogP contribution in [0.1, 0.15) is 100 Å². The number of benzene rings is 4. The van der Waals surface area contributed by atoms with Crippen LogP contribution in [0, 0.1) is 51.4 Å². The van der Waals surface area contributed by atoms with Crippen LogP contribution in [0.5, 0.6) is 0 Å². The van der Waals surface area contributed by atoms with Gasteiger partial charge in [-0.25, -0.2) is 19.9 Å². The molecule has 0 N–H and O–H groups in total. The van der Waals surface area contributed by atoms with Crippen molar-refractivity contribution in [2.24, 2.45) is 0 Å². The summed E-state index contributed by atoms with van der Waals surface area (Å²) < 4.78 is 0. The molecule has 52 heavy (non-hydrogen) atoms. The fourth-order valence-electron chi connectivity index (χ4n) is 4.12. The van der Waals surface area contributed by atoms with Crippen molar-refractivity contribution in [3.8, 4) is 45.9 Å². The van der Waals surface area contributed by atoms with Gasteiger partial charge in [-0.05, 0) is 81.1 Å². The van der Waals surface area contributed by atoms with Crippen LogP contribution in [0.3, 0.4) is 0 Å². The molecule has 0 unspecified atom stereocenters. The van der Waals surface area contributed by atoms with Gasteiger partial charge >= 0.3 is 0 Å². The van der Waals surface area contributed by atoms with Crippen molar-refractivity contribution in [1.29, 1.82) is 0 Å². The summed E-state index contributed by atoms with van der Waals surface area (Å²) in [6.45, 7) is 24.1. The molecule has 0 aliphatic carbocycles. The Kier molecular flexibility index (Phi) is 22.1. The highest BCUT2D eigenvalue weighted by atomic mass is 14.9. The van der Waals surface area contributed by atoms with Crippen molar-refractivity contribution < 1.29 is 0 Å². The van der Waals surface area contributed by atoms with Gasteiger partial charge in [-0.2, -0.15) is 0 Å². The molecule has 268 valence electrons. The van der Waals surface area contributed by atoms with Crippen LogP contribution >= 0.6 is 0 Å². The summed E-state index contributed by atoms with van der Waals surface area (Å²) >= 11 is 0. The maximum atomic E-state index is 4.33. The van der Waals surface area contributed by atoms with Crippen LogP contribution in [0.15, 0.2) is 122 Å². The lowest BCUT2D eigenvalue weighted by Gasteiger charge is -2.01. The SMILES string of the molecule is CC.CC.CC.CC.Cc1ccc(C#Cc2ccc(-c3cnc(C)nc3)cc2)cc1.Cc1ccc(C#Cc2ncc(-c3ccc(C)cc3)cn2)cc1. The van der Waals surface area contributed by atoms with E-state index in [2.05, 4.69) is 101 Å². The van der Waals surface area contributed by atoms with Crippen LogP contribution < -0.4 is 0 Å². The van der Waals surface area contributed by atoms with Gasteiger partial charge < -0.3 is 0 Å². The van der Waals surface area contributed by atoms with Gasteiger partial charge in [-0.3, -0.25) is 0 Å². The molecule has 0 atom stereocenters. The minimum Gasteiger partial charge on any atom is -0.241 e. The van der Waals surface area contributed by atoms with Gasteiger partial charge in [-0.15, -0.1) is 0 Å². The smallest absolute Gasteiger partial charge is 0.205 e. The monoisotopic (exact) mass is 688 g/mol. The van der Waals surface area contributed by atoms with Crippen molar-refractivity contribution in [2.75, 3.05) is 0 Å². The van der Waals surface area contributed by atoms with E-state index in [1.54, 1.807) is 0 Å². The number of hydrogen-bond donors (Lipinski definition) is 0. The first-order chi connectivity index (χ1) is 25.4. The molecule has 0 aliphatic rings. The minimum atomic E-state index is 0.538. The van der Waals surface area contributed by atoms with E-state index < -0.39 is 0 Å². The normalized spacial score (nSPS) is 8.85. The zero-order valence-corrected chi connectivity index (χ0v) is 33.3. The number of aryl methyl sites for hydroxylation is 4. The first-order valence-electron chi connectivity index (χ1n) is 18.4. The van der Waals surface area contributed by atoms with E-state index in [-0.39, 0.29) is 0 Å². The standard InChI is InChI=1S/2C20H16N2.4C2H6/c1-15-3-7-17(8-4-15)9-12-20-21-13-19(14-22-20)18-10-5-16(2)6-11-18;1-15-3-5-17(6-4-15)7-8-18-9-11-19(12-10-18)20-13-21-16(2)22-14-20;4*1-2/h3-8,10-11,13-14H,1-2H3;3-6,9-14H,1-2H3;4*1-2H3. The van der Waals surface area contributed by atoms with Gasteiger partial charge in [0.25, 0.3) is 0 Å². The zero-order valence-electron chi connectivity index (χ0n) is 33.3. The van der Waals surface area contributed by atoms with E-state index >= 15 is 0 Å². The van der Waals surface area contributed by atoms with Crippen LogP contribution in [-0.4, -0.2) is 19.9 Å². The molecule has 0 bridgehead atoms. The first kappa shape index (κ1) is 44.2. The molecular weight excluding hydrogens is 633 g/mol. The third kappa shape index (κ3) is 15.8. The molecule has 6 aromatic rings. The van der Waals surface area contributed by atoms with Gasteiger partial charge in [0, 0.05) is 52.6 Å². The van der Waals surface area contributed by atoms with Gasteiger partial charge in [0.05, 0.1) is 0 Å². The fourth-order valence-corrected chi connectivity index (χ4v) is 4.12. The maximum Gasteiger partial charge on any atom is 0.205 e. The van der Waals surface area contributed by atoms with Crippen molar-refractivity contribution in [2.45, 2.75) is 83.1 Å². The highest BCUT2D eigenvalue weighted by Gasteiger charge is 2.00. The summed E-state index contributed by atoms with van der Waals surface area (Å²) in [6, 6.07) is 32.8. The average molecular weight is 689 g/mol. The summed E-state index contributed by atoms with van der Waals surface area (Å²) in [5.41, 5.74) is 10.9. The summed E-state index contributed by atoms with van der Waals surface area (Å²) in [5, 5.41) is 0. The van der Waals surface area contributed by atoms with E-state index in [0.717, 1.165) is 44.8 Å². The Morgan fingerprint density at radius 2 is 0.577 bits per heavy atom. The minimum absolute atomic E-state index is 0.538. The van der Waals surface area contributed by atoms with Crippen LogP contribution in [-0.2, 0) is 0 Å². The maximum absolute atomic E-state index is 4.33. The molecule has 0 amide bonds. The lowest BCUT2D eigenvalue weighted by molar-refractivity contribution is 1.06. The van der Waals surface area contributed by atoms with Gasteiger partial charge in [0.1, 0.15) is 5.82 Å². The van der Waals surface area contributed by atoms with Gasteiger partial charge in [0.2, 0.25) is 5.82 Å². The molecule has 0 radical (unpaired) electrons. The Morgan fingerprint density at radius 1 is 0.308 bits per heavy atom. The van der Waals surface area contributed by atoms with E-state index in [9.17, 15) is 0 Å². The van der Waals surface area contributed by atoms with Crippen molar-refractivity contribution in [3.05, 3.63) is 167 Å². The Bertz CT molecular complexity index is 1790. The fraction of sp³-hybridized carbons (Fsp3) is 0.250. The Morgan fingerprint density at radius 3 is 0.942 bits per heavy atom. The summed E-state index contributed by atoms with van der Waals surface area (Å²) in [6.07, 6.45) is 7.32. The topological polar surface area (TPSA) is 51.6 Å². The quantitative estimate of drug-likeness (QED) is 0.170. The predicted octanol–water partition coefficient (Wildman–Crippen LogP) is 12.4. The van der Waals surface area contributed by atoms with Gasteiger partial charge in [0.15, 0.2) is 0 Å². The molecule has 0 saturated heterocycles. The largest absolute Gasteiger partial charge is 0.241 e. The van der Waals surface area contributed by atoms with E-state index in [0.29, 0.717) is 5.82 Å². The predicted molar refractivity (Wildman–Crippen MR) is 224 cm³/mol. The van der Waals surface area contributed by atoms with Crippen LogP contribution in [0.25, 0.3) is 22.3 Å². The Balaban J connectivity index is 0.000000437. The molecule has 0 fully saturated rings. The molecule has 0 spiro atoms. The molecule has 2 heterocycles. The summed E-state index contributed by atoms with van der Waals surface area (Å²) in [7, 11) is 0. The number of hydrogen-bond acceptors (Lipinski definition) is 4. The molecule has 0 aliphatic heterocycles. The molecule has 6 rings (SSSR count). The highest BCUT2D eigenvalue weighted by molar-refractivity contribution is 5.63. The molecule has 0 saturated carbocycles. The third-order valence-corrected chi connectivity index (χ3v) is 6.81. The van der Waals surface area contributed by atoms with Crippen LogP contribution in [0.4, 0.5) is 0 Å². The average Bonchev–Trinajstić information content (AvgIpc) is 3.22. The summed E-state index contributed by atoms with van der Waals surface area (Å²) in [4.78, 5) is 17.1. The second kappa shape index (κ2) is 26.0. The Hall–Kier alpha value is -5.84. The third-order valence-electron chi connectivity index (χ3n) is 6.81. The molecule has 2 aromatic heterocycles. The molecule has 4 nitrogen and oxygen atoms in total. The van der Waals surface area contributed by atoms with E-state index in [1.165, 1.54) is 16.7 Å².